The van der Waals surface area contributed by atoms with Crippen molar-refractivity contribution >= 4 is 18.0 Å². The first-order valence-electron chi connectivity index (χ1n) is 11.4. The Bertz CT molecular complexity index is 958. The van der Waals surface area contributed by atoms with Crippen LogP contribution in [0.5, 0.6) is 0 Å². The molecule has 0 aliphatic heterocycles. The zero-order chi connectivity index (χ0) is 24.0. The first-order valence-corrected chi connectivity index (χ1v) is 11.4. The molecule has 2 aromatic carbocycles. The van der Waals surface area contributed by atoms with E-state index in [-0.39, 0.29) is 37.4 Å². The summed E-state index contributed by atoms with van der Waals surface area (Å²) in [6.45, 7) is 5.35. The van der Waals surface area contributed by atoms with Crippen LogP contribution in [-0.4, -0.2) is 53.2 Å². The van der Waals surface area contributed by atoms with Gasteiger partial charge in [-0.1, -0.05) is 61.9 Å². The van der Waals surface area contributed by atoms with E-state index < -0.39 is 18.1 Å². The molecule has 7 heteroatoms. The number of hydrogen-bond donors (Lipinski definition) is 2. The van der Waals surface area contributed by atoms with Crippen LogP contribution in [0.4, 0.5) is 4.79 Å². The number of carbonyl (C=O) groups excluding carboxylic acids is 2. The van der Waals surface area contributed by atoms with Gasteiger partial charge < -0.3 is 20.1 Å². The molecular formula is C26H32N2O5. The number of carbonyl (C=O) groups is 3. The lowest BCUT2D eigenvalue weighted by Crippen LogP contribution is -2.45. The van der Waals surface area contributed by atoms with E-state index in [2.05, 4.69) is 29.6 Å². The number of aliphatic carboxylic acids is 1. The van der Waals surface area contributed by atoms with E-state index in [4.69, 9.17) is 9.84 Å². The summed E-state index contributed by atoms with van der Waals surface area (Å²) < 4.78 is 5.60. The second kappa shape index (κ2) is 11.0. The van der Waals surface area contributed by atoms with Crippen molar-refractivity contribution in [2.45, 2.75) is 58.0 Å². The van der Waals surface area contributed by atoms with E-state index in [0.717, 1.165) is 28.7 Å². The van der Waals surface area contributed by atoms with Crippen molar-refractivity contribution in [1.29, 1.82) is 0 Å². The molecule has 1 aliphatic rings. The van der Waals surface area contributed by atoms with Crippen LogP contribution in [0.3, 0.4) is 0 Å². The summed E-state index contributed by atoms with van der Waals surface area (Å²) in [6, 6.07) is 15.6. The molecule has 0 fully saturated rings. The van der Waals surface area contributed by atoms with Crippen LogP contribution in [0.1, 0.15) is 57.1 Å². The quantitative estimate of drug-likeness (QED) is 0.557. The van der Waals surface area contributed by atoms with Crippen LogP contribution in [-0.2, 0) is 14.3 Å². The van der Waals surface area contributed by atoms with Crippen molar-refractivity contribution in [2.24, 2.45) is 0 Å². The van der Waals surface area contributed by atoms with E-state index in [0.29, 0.717) is 6.42 Å². The number of alkyl carbamates (subject to hydrolysis) is 1. The van der Waals surface area contributed by atoms with Crippen LogP contribution in [0.2, 0.25) is 0 Å². The van der Waals surface area contributed by atoms with Gasteiger partial charge in [-0.25, -0.2) is 4.79 Å². The largest absolute Gasteiger partial charge is 0.480 e. The molecule has 0 aromatic heterocycles. The summed E-state index contributed by atoms with van der Waals surface area (Å²) in [5.74, 6) is -1.40. The zero-order valence-corrected chi connectivity index (χ0v) is 19.4. The van der Waals surface area contributed by atoms with Crippen molar-refractivity contribution in [2.75, 3.05) is 13.2 Å². The van der Waals surface area contributed by atoms with Gasteiger partial charge in [-0.2, -0.15) is 0 Å². The average Bonchev–Trinajstić information content (AvgIpc) is 3.09. The van der Waals surface area contributed by atoms with Gasteiger partial charge in [-0.05, 0) is 42.5 Å². The molecule has 0 unspecified atom stereocenters. The predicted molar refractivity (Wildman–Crippen MR) is 126 cm³/mol. The summed E-state index contributed by atoms with van der Waals surface area (Å²) >= 11 is 0. The Hall–Kier alpha value is -3.35. The maximum Gasteiger partial charge on any atom is 0.407 e. The second-order valence-corrected chi connectivity index (χ2v) is 8.67. The average molecular weight is 453 g/mol. The SMILES string of the molecule is CCC[C@H](CC(=O)N(CC(=O)O)C(C)C)NC(=O)OCC1c2ccccc2-c2ccccc21. The van der Waals surface area contributed by atoms with Crippen molar-refractivity contribution in [3.63, 3.8) is 0 Å². The smallest absolute Gasteiger partial charge is 0.407 e. The molecule has 33 heavy (non-hydrogen) atoms. The molecule has 0 bridgehead atoms. The molecule has 0 spiro atoms. The lowest BCUT2D eigenvalue weighted by atomic mass is 9.98. The summed E-state index contributed by atoms with van der Waals surface area (Å²) in [5.41, 5.74) is 4.58. The third-order valence-corrected chi connectivity index (χ3v) is 5.97. The van der Waals surface area contributed by atoms with Crippen molar-refractivity contribution < 1.29 is 24.2 Å². The first-order chi connectivity index (χ1) is 15.8. The van der Waals surface area contributed by atoms with E-state index >= 15 is 0 Å². The molecule has 176 valence electrons. The van der Waals surface area contributed by atoms with Crippen LogP contribution in [0.25, 0.3) is 11.1 Å². The van der Waals surface area contributed by atoms with Gasteiger partial charge in [0.15, 0.2) is 0 Å². The lowest BCUT2D eigenvalue weighted by molar-refractivity contribution is -0.146. The van der Waals surface area contributed by atoms with E-state index in [1.54, 1.807) is 13.8 Å². The number of benzene rings is 2. The molecule has 2 aromatic rings. The van der Waals surface area contributed by atoms with Gasteiger partial charge in [0.1, 0.15) is 13.2 Å². The number of amides is 2. The molecule has 2 N–H and O–H groups in total. The van der Waals surface area contributed by atoms with E-state index in [1.807, 2.05) is 31.2 Å². The minimum Gasteiger partial charge on any atom is -0.480 e. The summed E-state index contributed by atoms with van der Waals surface area (Å²) in [4.78, 5) is 37.7. The van der Waals surface area contributed by atoms with Gasteiger partial charge in [0.25, 0.3) is 0 Å². The summed E-state index contributed by atoms with van der Waals surface area (Å²) in [5, 5.41) is 11.9. The number of ether oxygens (including phenoxy) is 1. The maximum atomic E-state index is 12.7. The highest BCUT2D eigenvalue weighted by molar-refractivity contribution is 5.82. The molecule has 2 amide bonds. The number of carboxylic acids is 1. The van der Waals surface area contributed by atoms with Gasteiger partial charge >= 0.3 is 12.1 Å². The molecule has 0 radical (unpaired) electrons. The zero-order valence-electron chi connectivity index (χ0n) is 19.4. The lowest BCUT2D eigenvalue weighted by Gasteiger charge is -2.27. The fourth-order valence-electron chi connectivity index (χ4n) is 4.41. The van der Waals surface area contributed by atoms with Gasteiger partial charge in [0, 0.05) is 24.4 Å². The van der Waals surface area contributed by atoms with Crippen molar-refractivity contribution in [3.8, 4) is 11.1 Å². The van der Waals surface area contributed by atoms with E-state index in [9.17, 15) is 14.4 Å². The topological polar surface area (TPSA) is 95.9 Å². The van der Waals surface area contributed by atoms with E-state index in [1.165, 1.54) is 4.90 Å². The Labute approximate surface area is 194 Å². The Morgan fingerprint density at radius 2 is 1.61 bits per heavy atom. The molecule has 0 heterocycles. The Morgan fingerprint density at radius 1 is 1.03 bits per heavy atom. The fraction of sp³-hybridized carbons (Fsp3) is 0.423. The first kappa shape index (κ1) is 24.3. The number of fused-ring (bicyclic) bond motifs is 3. The minimum absolute atomic E-state index is 0.0312. The monoisotopic (exact) mass is 452 g/mol. The summed E-state index contributed by atoms with van der Waals surface area (Å²) in [6.07, 6.45) is 0.818. The number of carboxylic acid groups (broad SMARTS) is 1. The molecule has 3 rings (SSSR count). The Balaban J connectivity index is 1.63. The highest BCUT2D eigenvalue weighted by atomic mass is 16.5. The number of nitrogens with zero attached hydrogens (tertiary/aromatic N) is 1. The second-order valence-electron chi connectivity index (χ2n) is 8.67. The molecule has 7 nitrogen and oxygen atoms in total. The van der Waals surface area contributed by atoms with Gasteiger partial charge in [0.05, 0.1) is 0 Å². The molecule has 1 atom stereocenters. The molecule has 0 saturated carbocycles. The Kier molecular flexibility index (Phi) is 8.09. The van der Waals surface area contributed by atoms with Crippen molar-refractivity contribution in [3.05, 3.63) is 59.7 Å². The fourth-order valence-corrected chi connectivity index (χ4v) is 4.41. The maximum absolute atomic E-state index is 12.7. The van der Waals surface area contributed by atoms with Crippen LogP contribution >= 0.6 is 0 Å². The number of nitrogens with one attached hydrogen (secondary N) is 1. The van der Waals surface area contributed by atoms with Crippen LogP contribution in [0, 0.1) is 0 Å². The van der Waals surface area contributed by atoms with Crippen molar-refractivity contribution in [1.82, 2.24) is 10.2 Å². The molecule has 1 aliphatic carbocycles. The third-order valence-electron chi connectivity index (χ3n) is 5.97. The highest BCUT2D eigenvalue weighted by Gasteiger charge is 2.29. The number of rotatable bonds is 10. The normalized spacial score (nSPS) is 13.2. The van der Waals surface area contributed by atoms with Gasteiger partial charge in [-0.15, -0.1) is 0 Å². The standard InChI is InChI=1S/C26H32N2O5/c1-4-9-18(14-24(29)28(17(2)3)15-25(30)31)27-26(32)33-16-23-21-12-7-5-10-19(21)20-11-6-8-13-22(20)23/h5-8,10-13,17-18,23H,4,9,14-16H2,1-3H3,(H,27,32)(H,30,31)/t18-/m1/s1. The number of hydrogen-bond acceptors (Lipinski definition) is 4. The van der Waals surface area contributed by atoms with Gasteiger partial charge in [-0.3, -0.25) is 9.59 Å². The van der Waals surface area contributed by atoms with Gasteiger partial charge in [0.2, 0.25) is 5.91 Å². The third kappa shape index (κ3) is 5.92. The summed E-state index contributed by atoms with van der Waals surface area (Å²) in [7, 11) is 0. The van der Waals surface area contributed by atoms with Crippen LogP contribution in [0.15, 0.2) is 48.5 Å². The predicted octanol–water partition coefficient (Wildman–Crippen LogP) is 4.41. The molecule has 0 saturated heterocycles. The Morgan fingerprint density at radius 3 is 2.12 bits per heavy atom. The highest BCUT2D eigenvalue weighted by Crippen LogP contribution is 2.44. The minimum atomic E-state index is -1.06. The van der Waals surface area contributed by atoms with Crippen LogP contribution < -0.4 is 5.32 Å². The molecular weight excluding hydrogens is 420 g/mol.